The lowest BCUT2D eigenvalue weighted by atomic mass is 10.2. The van der Waals surface area contributed by atoms with Crippen molar-refractivity contribution < 1.29 is 9.21 Å². The summed E-state index contributed by atoms with van der Waals surface area (Å²) >= 11 is 3.40. The summed E-state index contributed by atoms with van der Waals surface area (Å²) in [6.45, 7) is 5.08. The Balaban J connectivity index is 1.81. The predicted molar refractivity (Wildman–Crippen MR) is 82.2 cm³/mol. The van der Waals surface area contributed by atoms with Crippen molar-refractivity contribution in [3.05, 3.63) is 29.7 Å². The van der Waals surface area contributed by atoms with Crippen LogP contribution in [0.2, 0.25) is 0 Å². The highest BCUT2D eigenvalue weighted by molar-refractivity contribution is 8.00. The Morgan fingerprint density at radius 1 is 1.50 bits per heavy atom. The zero-order valence-electron chi connectivity index (χ0n) is 11.4. The largest absolute Gasteiger partial charge is 0.472 e. The Labute approximate surface area is 126 Å². The molecule has 0 aromatic carbocycles. The van der Waals surface area contributed by atoms with Gasteiger partial charge in [0.2, 0.25) is 0 Å². The Morgan fingerprint density at radius 2 is 2.35 bits per heavy atom. The molecule has 1 aliphatic heterocycles. The van der Waals surface area contributed by atoms with E-state index in [1.54, 1.807) is 12.5 Å². The third-order valence-corrected chi connectivity index (χ3v) is 5.87. The fourth-order valence-electron chi connectivity index (χ4n) is 2.26. The molecule has 3 rings (SSSR count). The molecule has 20 heavy (non-hydrogen) atoms. The minimum Gasteiger partial charge on any atom is -0.472 e. The average Bonchev–Trinajstić information content (AvgIpc) is 3.11. The SMILES string of the molecule is C[C@@H]1SCCN(C(=O)c2csc(-c3ccoc3)n2)[C@@H]1C. The quantitative estimate of drug-likeness (QED) is 0.853. The first-order valence-corrected chi connectivity index (χ1v) is 8.50. The summed E-state index contributed by atoms with van der Waals surface area (Å²) in [5.74, 6) is 1.03. The van der Waals surface area contributed by atoms with E-state index in [0.717, 1.165) is 22.9 Å². The molecule has 0 spiro atoms. The van der Waals surface area contributed by atoms with Crippen molar-refractivity contribution in [1.29, 1.82) is 0 Å². The van der Waals surface area contributed by atoms with Crippen molar-refractivity contribution in [3.8, 4) is 10.6 Å². The summed E-state index contributed by atoms with van der Waals surface area (Å²) in [5.41, 5.74) is 1.46. The van der Waals surface area contributed by atoms with Crippen LogP contribution in [0.5, 0.6) is 0 Å². The lowest BCUT2D eigenvalue weighted by Crippen LogP contribution is -2.48. The molecule has 1 aliphatic rings. The van der Waals surface area contributed by atoms with Crippen LogP contribution in [0.1, 0.15) is 24.3 Å². The summed E-state index contributed by atoms with van der Waals surface area (Å²) in [6.07, 6.45) is 3.26. The van der Waals surface area contributed by atoms with Crippen molar-refractivity contribution in [2.75, 3.05) is 12.3 Å². The van der Waals surface area contributed by atoms with Gasteiger partial charge in [-0.1, -0.05) is 6.92 Å². The van der Waals surface area contributed by atoms with Gasteiger partial charge in [0.1, 0.15) is 17.0 Å². The van der Waals surface area contributed by atoms with E-state index in [-0.39, 0.29) is 11.9 Å². The van der Waals surface area contributed by atoms with E-state index in [1.165, 1.54) is 11.3 Å². The first-order valence-electron chi connectivity index (χ1n) is 6.57. The summed E-state index contributed by atoms with van der Waals surface area (Å²) in [6, 6.07) is 2.11. The van der Waals surface area contributed by atoms with Crippen molar-refractivity contribution in [3.63, 3.8) is 0 Å². The number of aromatic nitrogens is 1. The van der Waals surface area contributed by atoms with Crippen LogP contribution in [-0.4, -0.2) is 39.4 Å². The minimum absolute atomic E-state index is 0.0376. The molecule has 0 bridgehead atoms. The van der Waals surface area contributed by atoms with Gasteiger partial charge in [-0.3, -0.25) is 4.79 Å². The van der Waals surface area contributed by atoms with Gasteiger partial charge in [0.05, 0.1) is 6.26 Å². The van der Waals surface area contributed by atoms with Crippen LogP contribution < -0.4 is 0 Å². The number of rotatable bonds is 2. The van der Waals surface area contributed by atoms with E-state index < -0.39 is 0 Å². The maximum absolute atomic E-state index is 12.6. The maximum atomic E-state index is 12.6. The number of thiazole rings is 1. The Kier molecular flexibility index (Phi) is 3.85. The third-order valence-electron chi connectivity index (χ3n) is 3.64. The first-order chi connectivity index (χ1) is 9.66. The van der Waals surface area contributed by atoms with Crippen molar-refractivity contribution in [2.45, 2.75) is 25.1 Å². The monoisotopic (exact) mass is 308 g/mol. The van der Waals surface area contributed by atoms with Crippen LogP contribution in [0.25, 0.3) is 10.6 Å². The number of amides is 1. The number of hydrogen-bond acceptors (Lipinski definition) is 5. The zero-order chi connectivity index (χ0) is 14.1. The van der Waals surface area contributed by atoms with Crippen LogP contribution in [0, 0.1) is 0 Å². The molecule has 0 aliphatic carbocycles. The van der Waals surface area contributed by atoms with Gasteiger partial charge in [0.25, 0.3) is 5.91 Å². The molecule has 4 nitrogen and oxygen atoms in total. The van der Waals surface area contributed by atoms with E-state index in [9.17, 15) is 4.79 Å². The van der Waals surface area contributed by atoms with Crippen molar-refractivity contribution >= 4 is 29.0 Å². The maximum Gasteiger partial charge on any atom is 0.273 e. The Hall–Kier alpha value is -1.27. The van der Waals surface area contributed by atoms with Crippen LogP contribution >= 0.6 is 23.1 Å². The molecule has 0 radical (unpaired) electrons. The minimum atomic E-state index is 0.0376. The van der Waals surface area contributed by atoms with Gasteiger partial charge in [0.15, 0.2) is 0 Å². The number of thioether (sulfide) groups is 1. The second kappa shape index (κ2) is 5.61. The van der Waals surface area contributed by atoms with E-state index in [4.69, 9.17) is 4.42 Å². The second-order valence-electron chi connectivity index (χ2n) is 4.86. The first kappa shape index (κ1) is 13.7. The van der Waals surface area contributed by atoms with E-state index in [2.05, 4.69) is 18.8 Å². The summed E-state index contributed by atoms with van der Waals surface area (Å²) in [7, 11) is 0. The number of carbonyl (C=O) groups excluding carboxylic acids is 1. The van der Waals surface area contributed by atoms with Gasteiger partial charge in [-0.05, 0) is 13.0 Å². The number of furan rings is 1. The normalized spacial score (nSPS) is 23.0. The van der Waals surface area contributed by atoms with Crippen LogP contribution in [-0.2, 0) is 0 Å². The molecular weight excluding hydrogens is 292 g/mol. The predicted octanol–water partition coefficient (Wildman–Crippen LogP) is 3.37. The molecular formula is C14H16N2O2S2. The lowest BCUT2D eigenvalue weighted by Gasteiger charge is -2.37. The average molecular weight is 308 g/mol. The molecule has 1 amide bonds. The van der Waals surface area contributed by atoms with Crippen molar-refractivity contribution in [1.82, 2.24) is 9.88 Å². The van der Waals surface area contributed by atoms with Crippen LogP contribution in [0.3, 0.4) is 0 Å². The van der Waals surface area contributed by atoms with Crippen molar-refractivity contribution in [2.24, 2.45) is 0 Å². The highest BCUT2D eigenvalue weighted by atomic mass is 32.2. The lowest BCUT2D eigenvalue weighted by molar-refractivity contribution is 0.0693. The van der Waals surface area contributed by atoms with E-state index in [1.807, 2.05) is 28.1 Å². The third kappa shape index (κ3) is 2.50. The van der Waals surface area contributed by atoms with Gasteiger partial charge in [-0.2, -0.15) is 11.8 Å². The van der Waals surface area contributed by atoms with Gasteiger partial charge >= 0.3 is 0 Å². The molecule has 6 heteroatoms. The van der Waals surface area contributed by atoms with Gasteiger partial charge < -0.3 is 9.32 Å². The fraction of sp³-hybridized carbons (Fsp3) is 0.429. The van der Waals surface area contributed by atoms with E-state index in [0.29, 0.717) is 10.9 Å². The topological polar surface area (TPSA) is 46.3 Å². The van der Waals surface area contributed by atoms with Crippen LogP contribution in [0.4, 0.5) is 0 Å². The van der Waals surface area contributed by atoms with Gasteiger partial charge in [0, 0.05) is 34.5 Å². The van der Waals surface area contributed by atoms with Gasteiger partial charge in [-0.25, -0.2) is 4.98 Å². The smallest absolute Gasteiger partial charge is 0.273 e. The molecule has 106 valence electrons. The molecule has 3 heterocycles. The highest BCUT2D eigenvalue weighted by Gasteiger charge is 2.30. The van der Waals surface area contributed by atoms with Crippen LogP contribution in [0.15, 0.2) is 28.4 Å². The second-order valence-corrected chi connectivity index (χ2v) is 7.21. The zero-order valence-corrected chi connectivity index (χ0v) is 13.0. The molecule has 0 unspecified atom stereocenters. The molecule has 2 aromatic rings. The standard InChI is InChI=1S/C14H16N2O2S2/c1-9-10(2)19-6-4-16(9)14(17)12-8-20-13(15-12)11-3-5-18-7-11/h3,5,7-10H,4,6H2,1-2H3/t9-,10+/m1/s1. The summed E-state index contributed by atoms with van der Waals surface area (Å²) in [5, 5.41) is 3.14. The molecule has 2 atom stereocenters. The number of carbonyl (C=O) groups is 1. The summed E-state index contributed by atoms with van der Waals surface area (Å²) in [4.78, 5) is 19.0. The number of hydrogen-bond donors (Lipinski definition) is 0. The molecule has 0 saturated carbocycles. The molecule has 1 saturated heterocycles. The van der Waals surface area contributed by atoms with Gasteiger partial charge in [-0.15, -0.1) is 11.3 Å². The van der Waals surface area contributed by atoms with E-state index >= 15 is 0 Å². The fourth-order valence-corrected chi connectivity index (χ4v) is 4.14. The molecule has 0 N–H and O–H groups in total. The Bertz CT molecular complexity index is 594. The number of nitrogens with zero attached hydrogens (tertiary/aromatic N) is 2. The summed E-state index contributed by atoms with van der Waals surface area (Å²) < 4.78 is 5.05. The Morgan fingerprint density at radius 3 is 3.10 bits per heavy atom. The highest BCUT2D eigenvalue weighted by Crippen LogP contribution is 2.28. The molecule has 1 fully saturated rings. The molecule has 2 aromatic heterocycles.